The molecule has 1 saturated carbocycles. The molecule has 1 aromatic heterocycles. The van der Waals surface area contributed by atoms with Crippen molar-refractivity contribution in [3.63, 3.8) is 0 Å². The molecule has 4 aliphatic rings. The number of likely N-dealkylation sites (tertiary alicyclic amines) is 1. The third-order valence-electron chi connectivity index (χ3n) is 9.02. The Balaban J connectivity index is 1.27. The van der Waals surface area contributed by atoms with Crippen molar-refractivity contribution in [1.29, 1.82) is 0 Å². The lowest BCUT2D eigenvalue weighted by molar-refractivity contribution is 0.0916. The Bertz CT molecular complexity index is 1250. The molecule has 0 bridgehead atoms. The molecular formula is C30H41N7O2. The maximum atomic E-state index is 13.2. The Morgan fingerprint density at radius 1 is 1.15 bits per heavy atom. The number of ether oxygens (including phenoxy) is 1. The van der Waals surface area contributed by atoms with E-state index >= 15 is 0 Å². The van der Waals surface area contributed by atoms with Crippen molar-refractivity contribution in [2.75, 3.05) is 48.9 Å². The molecule has 2 fully saturated rings. The number of fused-ring (bicyclic) bond motifs is 2. The predicted molar refractivity (Wildman–Crippen MR) is 155 cm³/mol. The third kappa shape index (κ3) is 4.81. The van der Waals surface area contributed by atoms with Crippen molar-refractivity contribution in [3.8, 4) is 5.75 Å². The quantitative estimate of drug-likeness (QED) is 0.565. The Morgan fingerprint density at radius 2 is 1.92 bits per heavy atom. The van der Waals surface area contributed by atoms with Crippen LogP contribution in [0.4, 0.5) is 23.1 Å². The minimum absolute atomic E-state index is 0.0102. The molecule has 1 unspecified atom stereocenters. The van der Waals surface area contributed by atoms with Crippen molar-refractivity contribution in [2.24, 2.45) is 0 Å². The van der Waals surface area contributed by atoms with Crippen LogP contribution in [0.2, 0.25) is 0 Å². The largest absolute Gasteiger partial charge is 0.491 e. The molecule has 6 rings (SSSR count). The summed E-state index contributed by atoms with van der Waals surface area (Å²) in [4.78, 5) is 29.9. The van der Waals surface area contributed by atoms with Gasteiger partial charge in [-0.25, -0.2) is 4.98 Å². The summed E-state index contributed by atoms with van der Waals surface area (Å²) < 4.78 is 6.04. The van der Waals surface area contributed by atoms with Crippen LogP contribution < -0.4 is 25.2 Å². The molecule has 39 heavy (non-hydrogen) atoms. The first kappa shape index (κ1) is 25.9. The van der Waals surface area contributed by atoms with Gasteiger partial charge in [-0.3, -0.25) is 4.79 Å². The Morgan fingerprint density at radius 3 is 2.67 bits per heavy atom. The number of nitrogens with zero attached hydrogens (tertiary/aromatic N) is 5. The Hall–Kier alpha value is -3.33. The summed E-state index contributed by atoms with van der Waals surface area (Å²) in [5, 5.41) is 6.68. The summed E-state index contributed by atoms with van der Waals surface area (Å²) in [7, 11) is 4.19. The predicted octanol–water partition coefficient (Wildman–Crippen LogP) is 4.47. The molecule has 1 aromatic carbocycles. The molecule has 208 valence electrons. The van der Waals surface area contributed by atoms with Crippen LogP contribution in [0.15, 0.2) is 30.6 Å². The Labute approximate surface area is 231 Å². The van der Waals surface area contributed by atoms with Crippen LogP contribution in [0.25, 0.3) is 0 Å². The Kier molecular flexibility index (Phi) is 7.10. The monoisotopic (exact) mass is 531 g/mol. The molecule has 1 aliphatic carbocycles. The summed E-state index contributed by atoms with van der Waals surface area (Å²) in [6, 6.07) is 4.75. The highest BCUT2D eigenvalue weighted by Gasteiger charge is 2.38. The van der Waals surface area contributed by atoms with Gasteiger partial charge in [-0.2, -0.15) is 4.98 Å². The highest BCUT2D eigenvalue weighted by Crippen LogP contribution is 2.43. The molecule has 1 amide bonds. The molecule has 3 aliphatic heterocycles. The van der Waals surface area contributed by atoms with Crippen LogP contribution in [-0.2, 0) is 6.42 Å². The van der Waals surface area contributed by atoms with Gasteiger partial charge in [0.2, 0.25) is 5.95 Å². The van der Waals surface area contributed by atoms with Gasteiger partial charge in [-0.15, -0.1) is 0 Å². The molecule has 4 heterocycles. The second-order valence-electron chi connectivity index (χ2n) is 11.5. The van der Waals surface area contributed by atoms with E-state index in [2.05, 4.69) is 57.9 Å². The minimum atomic E-state index is -0.0102. The summed E-state index contributed by atoms with van der Waals surface area (Å²) in [5.74, 6) is 2.22. The van der Waals surface area contributed by atoms with Gasteiger partial charge in [-0.05, 0) is 64.4 Å². The van der Waals surface area contributed by atoms with Crippen molar-refractivity contribution >= 4 is 29.0 Å². The summed E-state index contributed by atoms with van der Waals surface area (Å²) >= 11 is 0. The zero-order valence-electron chi connectivity index (χ0n) is 23.5. The second kappa shape index (κ2) is 10.7. The van der Waals surface area contributed by atoms with Crippen molar-refractivity contribution in [1.82, 2.24) is 20.2 Å². The van der Waals surface area contributed by atoms with E-state index < -0.39 is 0 Å². The average Bonchev–Trinajstić information content (AvgIpc) is 3.65. The molecule has 1 saturated heterocycles. The minimum Gasteiger partial charge on any atom is -0.491 e. The van der Waals surface area contributed by atoms with Gasteiger partial charge < -0.3 is 30.1 Å². The van der Waals surface area contributed by atoms with E-state index in [0.717, 1.165) is 66.6 Å². The highest BCUT2D eigenvalue weighted by molar-refractivity contribution is 5.98. The van der Waals surface area contributed by atoms with Gasteiger partial charge in [0.25, 0.3) is 5.91 Å². The number of hydrogen-bond acceptors (Lipinski definition) is 8. The van der Waals surface area contributed by atoms with Gasteiger partial charge in [-0.1, -0.05) is 26.3 Å². The normalized spacial score (nSPS) is 22.0. The fraction of sp³-hybridized carbons (Fsp3) is 0.567. The van der Waals surface area contributed by atoms with Crippen molar-refractivity contribution in [2.45, 2.75) is 76.4 Å². The molecule has 0 radical (unpaired) electrons. The fourth-order valence-corrected chi connectivity index (χ4v) is 6.73. The van der Waals surface area contributed by atoms with E-state index in [1.54, 1.807) is 0 Å². The maximum Gasteiger partial charge on any atom is 0.251 e. The van der Waals surface area contributed by atoms with E-state index in [9.17, 15) is 4.79 Å². The van der Waals surface area contributed by atoms with E-state index in [0.29, 0.717) is 30.6 Å². The number of carbonyl (C=O) groups excluding carboxylic acids is 1. The van der Waals surface area contributed by atoms with E-state index in [1.807, 2.05) is 18.3 Å². The molecule has 9 heteroatoms. The number of likely N-dealkylation sites (N-methyl/N-ethyl adjacent to an activating group) is 1. The van der Waals surface area contributed by atoms with Crippen LogP contribution in [0.1, 0.15) is 67.8 Å². The highest BCUT2D eigenvalue weighted by atomic mass is 16.5. The van der Waals surface area contributed by atoms with E-state index in [1.165, 1.54) is 25.7 Å². The molecule has 2 aromatic rings. The molecule has 0 spiro atoms. The first-order valence-electron chi connectivity index (χ1n) is 14.6. The lowest BCUT2D eigenvalue weighted by Gasteiger charge is -2.46. The number of anilines is 4. The first-order chi connectivity index (χ1) is 18.9. The van der Waals surface area contributed by atoms with Crippen molar-refractivity contribution < 1.29 is 9.53 Å². The number of aromatic nitrogens is 2. The van der Waals surface area contributed by atoms with Crippen LogP contribution >= 0.6 is 0 Å². The standard InChI is InChI=1S/C30H41N7O2/c1-5-25-19(2)36(4)26-18-31-30(34-28(26)37(25)21-8-6-7-9-21)33-24-11-10-23(22-14-17-39-27(22)24)29(38)32-20-12-15-35(3)16-13-20/h10-11,18,20-21,25H,2,5-9,12-17H2,1,3-4H3,(H,32,38)(H,31,33,34). The number of benzene rings is 1. The van der Waals surface area contributed by atoms with Gasteiger partial charge in [0.15, 0.2) is 5.82 Å². The second-order valence-corrected chi connectivity index (χ2v) is 11.5. The zero-order valence-corrected chi connectivity index (χ0v) is 23.5. The van der Waals surface area contributed by atoms with Gasteiger partial charge >= 0.3 is 0 Å². The fourth-order valence-electron chi connectivity index (χ4n) is 6.73. The summed E-state index contributed by atoms with van der Waals surface area (Å²) in [5.41, 5.74) is 4.55. The van der Waals surface area contributed by atoms with Crippen LogP contribution in [0.5, 0.6) is 5.75 Å². The zero-order chi connectivity index (χ0) is 27.1. The molecule has 9 nitrogen and oxygen atoms in total. The summed E-state index contributed by atoms with van der Waals surface area (Å²) in [6.07, 6.45) is 10.4. The average molecular weight is 532 g/mol. The lowest BCUT2D eigenvalue weighted by atomic mass is 10.0. The number of rotatable bonds is 6. The van der Waals surface area contributed by atoms with Crippen LogP contribution in [-0.4, -0.2) is 72.7 Å². The van der Waals surface area contributed by atoms with Crippen LogP contribution in [0, 0.1) is 0 Å². The SMILES string of the molecule is C=C1C(CC)N(C2CCCC2)c2nc(Nc3ccc(C(=O)NC4CCN(C)CC4)c4c3OCC4)ncc2N1C. The van der Waals surface area contributed by atoms with E-state index in [-0.39, 0.29) is 18.0 Å². The van der Waals surface area contributed by atoms with Crippen LogP contribution in [0.3, 0.4) is 0 Å². The van der Waals surface area contributed by atoms with Gasteiger partial charge in [0.1, 0.15) is 11.4 Å². The molecular weight excluding hydrogens is 490 g/mol. The number of hydrogen-bond donors (Lipinski definition) is 2. The number of piperidine rings is 1. The van der Waals surface area contributed by atoms with Gasteiger partial charge in [0, 0.05) is 42.4 Å². The topological polar surface area (TPSA) is 85.9 Å². The summed E-state index contributed by atoms with van der Waals surface area (Å²) in [6.45, 7) is 9.23. The smallest absolute Gasteiger partial charge is 0.251 e. The van der Waals surface area contributed by atoms with E-state index in [4.69, 9.17) is 9.72 Å². The number of amides is 1. The molecule has 2 N–H and O–H groups in total. The third-order valence-corrected chi connectivity index (χ3v) is 9.02. The first-order valence-corrected chi connectivity index (χ1v) is 14.6. The maximum absolute atomic E-state index is 13.2. The van der Waals surface area contributed by atoms with Gasteiger partial charge in [0.05, 0.1) is 24.5 Å². The lowest BCUT2D eigenvalue weighted by Crippen LogP contribution is -2.50. The molecule has 1 atom stereocenters. The number of carbonyl (C=O) groups is 1. The van der Waals surface area contributed by atoms with Crippen molar-refractivity contribution in [3.05, 3.63) is 41.7 Å². The number of nitrogens with one attached hydrogen (secondary N) is 2.